The van der Waals surface area contributed by atoms with E-state index in [1.54, 1.807) is 24.5 Å². The molecule has 1 spiro atoms. The summed E-state index contributed by atoms with van der Waals surface area (Å²) in [5.41, 5.74) is -1.42. The number of nitrogens with zero attached hydrogens (tertiary/aromatic N) is 1. The van der Waals surface area contributed by atoms with Crippen molar-refractivity contribution in [3.8, 4) is 11.5 Å². The van der Waals surface area contributed by atoms with Crippen LogP contribution in [0.25, 0.3) is 0 Å². The fourth-order valence-electron chi connectivity index (χ4n) is 7.27. The van der Waals surface area contributed by atoms with Crippen molar-refractivity contribution < 1.29 is 68.5 Å². The van der Waals surface area contributed by atoms with Crippen LogP contribution in [-0.4, -0.2) is 121 Å². The zero-order valence-electron chi connectivity index (χ0n) is 25.5. The van der Waals surface area contributed by atoms with E-state index in [9.17, 15) is 54.3 Å². The number of carbonyl (C=O) groups is 6. The Morgan fingerprint density at radius 2 is 1.58 bits per heavy atom. The zero-order valence-corrected chi connectivity index (χ0v) is 27.8. The molecule has 7 N–H and O–H groups in total. The van der Waals surface area contributed by atoms with Gasteiger partial charge in [0.25, 0.3) is 11.8 Å². The fraction of sp³-hybridized carbons (Fsp3) is 0.517. The van der Waals surface area contributed by atoms with Crippen molar-refractivity contribution in [1.82, 2.24) is 15.5 Å². The Balaban J connectivity index is 1.51. The maximum Gasteiger partial charge on any atom is 0.326 e. The number of rotatable bonds is 12. The van der Waals surface area contributed by atoms with Gasteiger partial charge in [-0.25, -0.2) is 9.59 Å². The number of aromatic hydroxyl groups is 1. The van der Waals surface area contributed by atoms with E-state index in [1.165, 1.54) is 12.1 Å². The number of amides is 2. The molecule has 1 aromatic rings. The smallest absolute Gasteiger partial charge is 0.326 e. The predicted octanol–water partition coefficient (Wildman–Crippen LogP) is -1.93. The van der Waals surface area contributed by atoms with Crippen molar-refractivity contribution in [1.29, 1.82) is 0 Å². The molecular weight excluding hydrogens is 676 g/mol. The van der Waals surface area contributed by atoms with Gasteiger partial charge in [-0.05, 0) is 44.1 Å². The standard InChI is InChI=1S/C29H35N3O14P2/c1-32-7-6-28-19-11-2-3-14(33)20(19)45-21(28)15(44-17(34)9-12(24(38)39)30-22(36)26(42)47)4-5-29(28,16(32)8-11)46-18(35)10-13(25(40)41)31-23(37)27(43)48/h2-4,12-13,16,21,26-27,33,42-43H,5-10,47-48H2,1H3,(H,30,36)(H,31,37)(H,38,39)(H,40,41)/t12-,13-,16+,21?,26-,27?,28?,29+/m0/s1. The first-order chi connectivity index (χ1) is 22.5. The topological polar surface area (TPSA) is 259 Å². The van der Waals surface area contributed by atoms with E-state index in [0.29, 0.717) is 18.5 Å². The largest absolute Gasteiger partial charge is 0.504 e. The van der Waals surface area contributed by atoms with Gasteiger partial charge in [0.2, 0.25) is 0 Å². The van der Waals surface area contributed by atoms with Crippen LogP contribution in [0.1, 0.15) is 36.8 Å². The van der Waals surface area contributed by atoms with E-state index >= 15 is 0 Å². The van der Waals surface area contributed by atoms with Crippen molar-refractivity contribution in [3.05, 3.63) is 35.1 Å². The van der Waals surface area contributed by atoms with Crippen molar-refractivity contribution in [3.63, 3.8) is 0 Å². The van der Waals surface area contributed by atoms with Gasteiger partial charge in [0.05, 0.1) is 24.3 Å². The number of likely N-dealkylation sites (N-methyl/N-ethyl adjacent to an activating group) is 1. The first kappa shape index (κ1) is 35.4. The summed E-state index contributed by atoms with van der Waals surface area (Å²) in [4.78, 5) is 76.3. The maximum atomic E-state index is 13.6. The van der Waals surface area contributed by atoms with E-state index in [1.807, 2.05) is 17.3 Å². The molecule has 17 nitrogen and oxygen atoms in total. The molecule has 0 radical (unpaired) electrons. The minimum absolute atomic E-state index is 0.0508. The minimum atomic E-state index is -1.74. The Hall–Kier alpha value is -3.88. The fourth-order valence-corrected chi connectivity index (χ4v) is 7.46. The number of aliphatic carboxylic acids is 2. The van der Waals surface area contributed by atoms with Gasteiger partial charge in [0.1, 0.15) is 35.1 Å². The number of hydrogen-bond acceptors (Lipinski definition) is 13. The number of carboxylic acid groups (broad SMARTS) is 2. The summed E-state index contributed by atoms with van der Waals surface area (Å²) in [6.45, 7) is 0.448. The van der Waals surface area contributed by atoms with Crippen molar-refractivity contribution in [2.45, 2.75) is 79.0 Å². The number of benzene rings is 1. The summed E-state index contributed by atoms with van der Waals surface area (Å²) in [6, 6.07) is -0.808. The Bertz CT molecular complexity index is 1600. The van der Waals surface area contributed by atoms with E-state index in [2.05, 4.69) is 5.32 Å². The number of aliphatic hydroxyl groups is 2. The summed E-state index contributed by atoms with van der Waals surface area (Å²) in [5, 5.41) is 53.2. The number of likely N-dealkylation sites (tertiary alicyclic amines) is 1. The number of nitrogens with one attached hydrogen (secondary N) is 2. The Morgan fingerprint density at radius 1 is 1.00 bits per heavy atom. The quantitative estimate of drug-likeness (QED) is 0.0920. The third-order valence-electron chi connectivity index (χ3n) is 9.35. The molecule has 1 aromatic carbocycles. The highest BCUT2D eigenvalue weighted by Gasteiger charge is 2.74. The van der Waals surface area contributed by atoms with Gasteiger partial charge in [0, 0.05) is 12.0 Å². The number of carbonyl (C=O) groups excluding carboxylic acids is 4. The average Bonchev–Trinajstić information content (AvgIpc) is 3.36. The first-order valence-electron chi connectivity index (χ1n) is 14.8. The number of phenols is 1. The molecule has 2 aliphatic heterocycles. The predicted molar refractivity (Wildman–Crippen MR) is 166 cm³/mol. The molecule has 10 atom stereocenters. The Labute approximate surface area is 277 Å². The van der Waals surface area contributed by atoms with Gasteiger partial charge in [-0.15, -0.1) is 0 Å². The van der Waals surface area contributed by atoms with Crippen LogP contribution in [0.2, 0.25) is 0 Å². The monoisotopic (exact) mass is 711 g/mol. The van der Waals surface area contributed by atoms with Gasteiger partial charge < -0.3 is 50.4 Å². The number of phenolic OH excluding ortho intramolecular Hbond substituents is 1. The van der Waals surface area contributed by atoms with Crippen molar-refractivity contribution >= 4 is 54.2 Å². The molecule has 0 saturated carbocycles. The van der Waals surface area contributed by atoms with Crippen LogP contribution in [0.15, 0.2) is 24.0 Å². The lowest BCUT2D eigenvalue weighted by Crippen LogP contribution is -2.75. The second-order valence-electron chi connectivity index (χ2n) is 12.1. The van der Waals surface area contributed by atoms with Gasteiger partial charge >= 0.3 is 23.9 Å². The lowest BCUT2D eigenvalue weighted by Gasteiger charge is -2.62. The van der Waals surface area contributed by atoms with Crippen LogP contribution >= 0.6 is 18.5 Å². The van der Waals surface area contributed by atoms with Crippen LogP contribution in [0, 0.1) is 0 Å². The number of aliphatic hydroxyl groups excluding tert-OH is 2. The van der Waals surface area contributed by atoms with E-state index in [-0.39, 0.29) is 30.1 Å². The Morgan fingerprint density at radius 3 is 2.15 bits per heavy atom. The number of carboxylic acids is 2. The summed E-state index contributed by atoms with van der Waals surface area (Å²) in [6.07, 6.45) is -0.806. The highest BCUT2D eigenvalue weighted by atomic mass is 31.0. The SMILES string of the molecule is CN1CCC23c4c5ccc(O)c4OC2C(OC(=O)C[C@H](NC(=O)[C@@H](O)P)C(=O)O)=CC[C@@]3(OC(=O)C[C@H](NC(=O)C(O)P)C(=O)O)[C@H]1C5. The lowest BCUT2D eigenvalue weighted by atomic mass is 9.50. The molecule has 0 aromatic heterocycles. The second-order valence-corrected chi connectivity index (χ2v) is 13.4. The average molecular weight is 712 g/mol. The minimum Gasteiger partial charge on any atom is -0.504 e. The van der Waals surface area contributed by atoms with Crippen LogP contribution in [0.4, 0.5) is 0 Å². The highest BCUT2D eigenvalue weighted by molar-refractivity contribution is 7.19. The summed E-state index contributed by atoms with van der Waals surface area (Å²) in [7, 11) is 5.42. The summed E-state index contributed by atoms with van der Waals surface area (Å²) < 4.78 is 18.3. The molecular formula is C29H35N3O14P2. The van der Waals surface area contributed by atoms with Crippen LogP contribution < -0.4 is 15.4 Å². The molecule has 19 heteroatoms. The first-order valence-corrected chi connectivity index (χ1v) is 16.1. The van der Waals surface area contributed by atoms with E-state index < -0.39 is 95.5 Å². The molecule has 2 amide bonds. The van der Waals surface area contributed by atoms with Crippen molar-refractivity contribution in [2.75, 3.05) is 13.6 Å². The maximum absolute atomic E-state index is 13.6. The van der Waals surface area contributed by atoms with Crippen LogP contribution in [0.5, 0.6) is 11.5 Å². The van der Waals surface area contributed by atoms with Crippen LogP contribution in [0.3, 0.4) is 0 Å². The molecule has 2 heterocycles. The molecule has 260 valence electrons. The van der Waals surface area contributed by atoms with Gasteiger partial charge in [0.15, 0.2) is 17.6 Å². The molecule has 1 fully saturated rings. The van der Waals surface area contributed by atoms with Gasteiger partial charge in [-0.3, -0.25) is 24.1 Å². The lowest BCUT2D eigenvalue weighted by molar-refractivity contribution is -0.207. The Kier molecular flexibility index (Phi) is 9.74. The molecule has 1 saturated heterocycles. The zero-order chi connectivity index (χ0) is 35.3. The molecule has 48 heavy (non-hydrogen) atoms. The molecule has 5 unspecified atom stereocenters. The second kappa shape index (κ2) is 13.2. The number of ether oxygens (including phenoxy) is 3. The van der Waals surface area contributed by atoms with Gasteiger partial charge in [-0.2, -0.15) is 0 Å². The molecule has 4 aliphatic rings. The third kappa shape index (κ3) is 5.98. The van der Waals surface area contributed by atoms with Gasteiger partial charge in [-0.1, -0.05) is 24.5 Å². The normalized spacial score (nSPS) is 27.5. The van der Waals surface area contributed by atoms with E-state index in [0.717, 1.165) is 5.56 Å². The molecule has 5 rings (SSSR count). The van der Waals surface area contributed by atoms with Crippen LogP contribution in [-0.2, 0) is 50.1 Å². The highest BCUT2D eigenvalue weighted by Crippen LogP contribution is 2.66. The molecule has 2 aliphatic carbocycles. The van der Waals surface area contributed by atoms with E-state index in [4.69, 9.17) is 14.2 Å². The van der Waals surface area contributed by atoms with Crippen molar-refractivity contribution in [2.24, 2.45) is 0 Å². The number of esters is 2. The third-order valence-corrected chi connectivity index (χ3v) is 9.96. The number of piperidine rings is 1. The molecule has 2 bridgehead atoms. The number of hydrogen-bond donors (Lipinski definition) is 7. The summed E-state index contributed by atoms with van der Waals surface area (Å²) in [5.74, 6) is -10.6. The summed E-state index contributed by atoms with van der Waals surface area (Å²) >= 11 is 0.